The standard InChI is InChI=1S/C19H20N2O4/c20-10-13-4-1-2-7-17(13)24-12-15-8-9-18(25-15)19(23)21-11-14-5-3-6-16(14)22/h1-2,4,7-9,14,16,22H,3,5-6,11-12H2,(H,21,23). The number of rotatable bonds is 6. The van der Waals surface area contributed by atoms with Crippen LogP contribution in [0.25, 0.3) is 0 Å². The normalized spacial score (nSPS) is 19.4. The molecule has 6 nitrogen and oxygen atoms in total. The summed E-state index contributed by atoms with van der Waals surface area (Å²) in [4.78, 5) is 12.1. The molecule has 2 atom stereocenters. The van der Waals surface area contributed by atoms with Crippen LogP contribution in [0.2, 0.25) is 0 Å². The zero-order valence-electron chi connectivity index (χ0n) is 13.8. The van der Waals surface area contributed by atoms with Crippen molar-refractivity contribution in [1.29, 1.82) is 5.26 Å². The minimum Gasteiger partial charge on any atom is -0.484 e. The highest BCUT2D eigenvalue weighted by Gasteiger charge is 2.25. The van der Waals surface area contributed by atoms with Gasteiger partial charge in [-0.25, -0.2) is 0 Å². The first-order chi connectivity index (χ1) is 12.2. The van der Waals surface area contributed by atoms with Gasteiger partial charge in [-0.2, -0.15) is 5.26 Å². The number of nitriles is 1. The number of para-hydroxylation sites is 1. The highest BCUT2D eigenvalue weighted by atomic mass is 16.5. The van der Waals surface area contributed by atoms with Gasteiger partial charge in [0.2, 0.25) is 0 Å². The number of benzene rings is 1. The second-order valence-electron chi connectivity index (χ2n) is 6.13. The van der Waals surface area contributed by atoms with Crippen LogP contribution < -0.4 is 10.1 Å². The van der Waals surface area contributed by atoms with Gasteiger partial charge in [-0.3, -0.25) is 4.79 Å². The van der Waals surface area contributed by atoms with E-state index < -0.39 is 0 Å². The molecule has 1 amide bonds. The molecular weight excluding hydrogens is 320 g/mol. The molecule has 1 fully saturated rings. The Morgan fingerprint density at radius 3 is 2.92 bits per heavy atom. The number of amides is 1. The van der Waals surface area contributed by atoms with Crippen molar-refractivity contribution in [3.05, 3.63) is 53.5 Å². The molecule has 130 valence electrons. The molecule has 3 rings (SSSR count). The van der Waals surface area contributed by atoms with Crippen LogP contribution >= 0.6 is 0 Å². The number of hydrogen-bond acceptors (Lipinski definition) is 5. The Morgan fingerprint density at radius 1 is 1.32 bits per heavy atom. The number of carbonyl (C=O) groups excluding carboxylic acids is 1. The predicted octanol–water partition coefficient (Wildman–Crippen LogP) is 2.62. The van der Waals surface area contributed by atoms with Gasteiger partial charge in [-0.1, -0.05) is 18.6 Å². The minimum atomic E-state index is -0.332. The fraction of sp³-hybridized carbons (Fsp3) is 0.368. The van der Waals surface area contributed by atoms with E-state index in [9.17, 15) is 9.90 Å². The fourth-order valence-electron chi connectivity index (χ4n) is 2.98. The number of nitrogens with zero attached hydrogens (tertiary/aromatic N) is 1. The molecule has 1 aromatic heterocycles. The van der Waals surface area contributed by atoms with Gasteiger partial charge in [0.1, 0.15) is 24.2 Å². The van der Waals surface area contributed by atoms with E-state index in [4.69, 9.17) is 14.4 Å². The molecule has 1 heterocycles. The molecule has 1 saturated carbocycles. The van der Waals surface area contributed by atoms with Crippen molar-refractivity contribution in [2.45, 2.75) is 32.0 Å². The molecule has 0 spiro atoms. The first kappa shape index (κ1) is 17.1. The topological polar surface area (TPSA) is 95.5 Å². The number of ether oxygens (including phenoxy) is 1. The third kappa shape index (κ3) is 4.20. The average Bonchev–Trinajstić information content (AvgIpc) is 3.27. The van der Waals surface area contributed by atoms with Gasteiger partial charge >= 0.3 is 0 Å². The third-order valence-electron chi connectivity index (χ3n) is 4.41. The van der Waals surface area contributed by atoms with Crippen LogP contribution in [0.5, 0.6) is 5.75 Å². The minimum absolute atomic E-state index is 0.115. The SMILES string of the molecule is N#Cc1ccccc1OCc1ccc(C(=O)NCC2CCCC2O)o1. The van der Waals surface area contributed by atoms with Gasteiger partial charge in [0.25, 0.3) is 5.91 Å². The summed E-state index contributed by atoms with van der Waals surface area (Å²) >= 11 is 0. The van der Waals surface area contributed by atoms with Gasteiger partial charge in [-0.15, -0.1) is 0 Å². The third-order valence-corrected chi connectivity index (χ3v) is 4.41. The molecule has 0 radical (unpaired) electrons. The Hall–Kier alpha value is -2.78. The molecule has 1 aliphatic rings. The van der Waals surface area contributed by atoms with E-state index in [0.717, 1.165) is 19.3 Å². The van der Waals surface area contributed by atoms with E-state index in [2.05, 4.69) is 11.4 Å². The Morgan fingerprint density at radius 2 is 2.16 bits per heavy atom. The highest BCUT2D eigenvalue weighted by molar-refractivity contribution is 5.91. The molecule has 0 bridgehead atoms. The summed E-state index contributed by atoms with van der Waals surface area (Å²) in [7, 11) is 0. The summed E-state index contributed by atoms with van der Waals surface area (Å²) in [5, 5.41) is 21.6. The summed E-state index contributed by atoms with van der Waals surface area (Å²) in [5.41, 5.74) is 0.446. The van der Waals surface area contributed by atoms with Crippen molar-refractivity contribution in [3.63, 3.8) is 0 Å². The van der Waals surface area contributed by atoms with Gasteiger partial charge in [0.05, 0.1) is 11.7 Å². The molecule has 6 heteroatoms. The summed E-state index contributed by atoms with van der Waals surface area (Å²) in [6.07, 6.45) is 2.39. The van der Waals surface area contributed by atoms with Crippen molar-refractivity contribution in [3.8, 4) is 11.8 Å². The lowest BCUT2D eigenvalue weighted by molar-refractivity contribution is 0.0886. The predicted molar refractivity (Wildman–Crippen MR) is 89.9 cm³/mol. The summed E-state index contributed by atoms with van der Waals surface area (Å²) in [5.74, 6) is 0.994. The van der Waals surface area contributed by atoms with Crippen LogP contribution in [0.4, 0.5) is 0 Å². The maximum Gasteiger partial charge on any atom is 0.287 e. The highest BCUT2D eigenvalue weighted by Crippen LogP contribution is 2.25. The van der Waals surface area contributed by atoms with Crippen molar-refractivity contribution < 1.29 is 19.1 Å². The number of aliphatic hydroxyl groups is 1. The number of hydrogen-bond donors (Lipinski definition) is 2. The largest absolute Gasteiger partial charge is 0.484 e. The molecule has 2 N–H and O–H groups in total. The van der Waals surface area contributed by atoms with Crippen LogP contribution in [-0.2, 0) is 6.61 Å². The first-order valence-corrected chi connectivity index (χ1v) is 8.34. The van der Waals surface area contributed by atoms with Crippen LogP contribution in [-0.4, -0.2) is 23.7 Å². The molecule has 1 aliphatic carbocycles. The summed E-state index contributed by atoms with van der Waals surface area (Å²) in [6, 6.07) is 12.3. The van der Waals surface area contributed by atoms with E-state index in [1.54, 1.807) is 36.4 Å². The van der Waals surface area contributed by atoms with E-state index in [-0.39, 0.29) is 30.3 Å². The fourth-order valence-corrected chi connectivity index (χ4v) is 2.98. The summed E-state index contributed by atoms with van der Waals surface area (Å²) < 4.78 is 11.1. The van der Waals surface area contributed by atoms with Crippen molar-refractivity contribution in [1.82, 2.24) is 5.32 Å². The summed E-state index contributed by atoms with van der Waals surface area (Å²) in [6.45, 7) is 0.579. The molecule has 25 heavy (non-hydrogen) atoms. The van der Waals surface area contributed by atoms with Crippen molar-refractivity contribution >= 4 is 5.91 Å². The smallest absolute Gasteiger partial charge is 0.287 e. The second-order valence-corrected chi connectivity index (χ2v) is 6.13. The Kier molecular flexibility index (Phi) is 5.36. The number of carbonyl (C=O) groups is 1. The van der Waals surface area contributed by atoms with E-state index in [1.165, 1.54) is 0 Å². The van der Waals surface area contributed by atoms with Gasteiger partial charge in [0, 0.05) is 12.5 Å². The van der Waals surface area contributed by atoms with E-state index in [1.807, 2.05) is 0 Å². The second kappa shape index (κ2) is 7.86. The number of nitrogens with one attached hydrogen (secondary N) is 1. The molecule has 0 saturated heterocycles. The number of aliphatic hydroxyl groups excluding tert-OH is 1. The monoisotopic (exact) mass is 340 g/mol. The van der Waals surface area contributed by atoms with Gasteiger partial charge in [0.15, 0.2) is 5.76 Å². The maximum atomic E-state index is 12.1. The lowest BCUT2D eigenvalue weighted by Crippen LogP contribution is -2.32. The van der Waals surface area contributed by atoms with Gasteiger partial charge < -0.3 is 19.6 Å². The van der Waals surface area contributed by atoms with E-state index in [0.29, 0.717) is 23.6 Å². The molecule has 1 aromatic carbocycles. The van der Waals surface area contributed by atoms with Crippen molar-refractivity contribution in [2.24, 2.45) is 5.92 Å². The van der Waals surface area contributed by atoms with Crippen LogP contribution in [0.1, 0.15) is 41.1 Å². The molecular formula is C19H20N2O4. The Bertz CT molecular complexity index is 778. The lowest BCUT2D eigenvalue weighted by Gasteiger charge is -2.14. The molecule has 2 aromatic rings. The van der Waals surface area contributed by atoms with Crippen LogP contribution in [0.3, 0.4) is 0 Å². The Balaban J connectivity index is 1.53. The zero-order valence-corrected chi connectivity index (χ0v) is 13.8. The first-order valence-electron chi connectivity index (χ1n) is 8.34. The molecule has 2 unspecified atom stereocenters. The van der Waals surface area contributed by atoms with Crippen LogP contribution in [0.15, 0.2) is 40.8 Å². The van der Waals surface area contributed by atoms with Crippen molar-refractivity contribution in [2.75, 3.05) is 6.54 Å². The zero-order chi connectivity index (χ0) is 17.6. The van der Waals surface area contributed by atoms with Gasteiger partial charge in [-0.05, 0) is 37.1 Å². The Labute approximate surface area is 146 Å². The molecule has 0 aliphatic heterocycles. The quantitative estimate of drug-likeness (QED) is 0.843. The lowest BCUT2D eigenvalue weighted by atomic mass is 10.1. The van der Waals surface area contributed by atoms with Crippen LogP contribution in [0, 0.1) is 17.2 Å². The number of furan rings is 1. The maximum absolute atomic E-state index is 12.1. The van der Waals surface area contributed by atoms with E-state index >= 15 is 0 Å². The average molecular weight is 340 g/mol.